The highest BCUT2D eigenvalue weighted by molar-refractivity contribution is 5.86. The molecule has 0 radical (unpaired) electrons. The van der Waals surface area contributed by atoms with Crippen molar-refractivity contribution in [3.05, 3.63) is 29.6 Å². The number of nitrogens with zero attached hydrogens (tertiary/aromatic N) is 2. The minimum absolute atomic E-state index is 0.0402. The summed E-state index contributed by atoms with van der Waals surface area (Å²) in [5.41, 5.74) is -0.574. The average Bonchev–Trinajstić information content (AvgIpc) is 2.52. The summed E-state index contributed by atoms with van der Waals surface area (Å²) in [4.78, 5) is 37.6. The third-order valence-electron chi connectivity index (χ3n) is 3.75. The van der Waals surface area contributed by atoms with E-state index >= 15 is 0 Å². The van der Waals surface area contributed by atoms with Gasteiger partial charge in [-0.2, -0.15) is 0 Å². The lowest BCUT2D eigenvalue weighted by molar-refractivity contribution is -0.143. The van der Waals surface area contributed by atoms with Crippen LogP contribution in [0.25, 0.3) is 0 Å². The van der Waals surface area contributed by atoms with Crippen molar-refractivity contribution < 1.29 is 28.6 Å². The summed E-state index contributed by atoms with van der Waals surface area (Å²) in [6, 6.07) is 2.87. The molecule has 0 spiro atoms. The van der Waals surface area contributed by atoms with Crippen molar-refractivity contribution in [2.45, 2.75) is 32.4 Å². The maximum atomic E-state index is 14.2. The Kier molecular flexibility index (Phi) is 5.30. The Bertz CT molecular complexity index is 686. The minimum Gasteiger partial charge on any atom is -0.480 e. The third-order valence-corrected chi connectivity index (χ3v) is 3.75. The summed E-state index contributed by atoms with van der Waals surface area (Å²) in [6.45, 7) is 5.14. The Hall–Kier alpha value is -2.64. The molecule has 1 aliphatic heterocycles. The molecule has 1 aromatic carbocycles. The molecule has 136 valence electrons. The van der Waals surface area contributed by atoms with E-state index < -0.39 is 29.5 Å². The fourth-order valence-electron chi connectivity index (χ4n) is 2.70. The van der Waals surface area contributed by atoms with Crippen LogP contribution in [0.1, 0.15) is 31.1 Å². The zero-order valence-corrected chi connectivity index (χ0v) is 14.4. The van der Waals surface area contributed by atoms with E-state index in [0.29, 0.717) is 6.29 Å². The fraction of sp³-hybridized carbons (Fsp3) is 0.471. The number of piperazine rings is 1. The number of aliphatic carboxylic acids is 1. The zero-order chi connectivity index (χ0) is 18.8. The van der Waals surface area contributed by atoms with Crippen molar-refractivity contribution >= 4 is 24.0 Å². The van der Waals surface area contributed by atoms with E-state index in [1.165, 1.54) is 23.1 Å². The number of benzene rings is 1. The highest BCUT2D eigenvalue weighted by atomic mass is 19.1. The van der Waals surface area contributed by atoms with Gasteiger partial charge in [-0.05, 0) is 32.9 Å². The molecule has 1 fully saturated rings. The van der Waals surface area contributed by atoms with Gasteiger partial charge in [0, 0.05) is 25.2 Å². The second-order valence-electron chi connectivity index (χ2n) is 6.77. The second-order valence-corrected chi connectivity index (χ2v) is 6.77. The molecular formula is C17H21FN2O5. The zero-order valence-electron chi connectivity index (χ0n) is 14.4. The first kappa shape index (κ1) is 18.7. The first-order valence-corrected chi connectivity index (χ1v) is 7.85. The van der Waals surface area contributed by atoms with Gasteiger partial charge in [-0.25, -0.2) is 14.0 Å². The predicted molar refractivity (Wildman–Crippen MR) is 88.4 cm³/mol. The molecule has 2 rings (SSSR count). The summed E-state index contributed by atoms with van der Waals surface area (Å²) >= 11 is 0. The molecule has 0 aromatic heterocycles. The summed E-state index contributed by atoms with van der Waals surface area (Å²) in [5, 5.41) is 9.48. The highest BCUT2D eigenvalue weighted by Crippen LogP contribution is 2.27. The molecule has 7 nitrogen and oxygen atoms in total. The Morgan fingerprint density at radius 3 is 2.56 bits per heavy atom. The topological polar surface area (TPSA) is 87.2 Å². The number of carboxylic acids is 1. The molecule has 1 amide bonds. The molecule has 1 aliphatic rings. The number of ether oxygens (including phenoxy) is 1. The first-order chi connectivity index (χ1) is 11.6. The van der Waals surface area contributed by atoms with Crippen LogP contribution >= 0.6 is 0 Å². The highest BCUT2D eigenvalue weighted by Gasteiger charge is 2.38. The summed E-state index contributed by atoms with van der Waals surface area (Å²) in [6.07, 6.45) is -0.210. The first-order valence-electron chi connectivity index (χ1n) is 7.85. The molecule has 0 bridgehead atoms. The van der Waals surface area contributed by atoms with E-state index in [-0.39, 0.29) is 30.9 Å². The number of para-hydroxylation sites is 1. The molecule has 8 heteroatoms. The van der Waals surface area contributed by atoms with Crippen LogP contribution in [-0.2, 0) is 9.53 Å². The van der Waals surface area contributed by atoms with Gasteiger partial charge in [0.25, 0.3) is 0 Å². The van der Waals surface area contributed by atoms with E-state index in [4.69, 9.17) is 4.74 Å². The SMILES string of the molecule is CC(C)(C)OC(=O)N1CCN(c2c(F)cccc2C=O)CC1C(=O)O. The lowest BCUT2D eigenvalue weighted by Gasteiger charge is -2.41. The maximum absolute atomic E-state index is 14.2. The molecular weight excluding hydrogens is 331 g/mol. The van der Waals surface area contributed by atoms with E-state index in [9.17, 15) is 23.9 Å². The molecule has 1 unspecified atom stereocenters. The van der Waals surface area contributed by atoms with E-state index in [1.54, 1.807) is 20.8 Å². The van der Waals surface area contributed by atoms with Crippen LogP contribution in [0.15, 0.2) is 18.2 Å². The van der Waals surface area contributed by atoms with Crippen LogP contribution in [0.5, 0.6) is 0 Å². The van der Waals surface area contributed by atoms with Gasteiger partial charge in [0.2, 0.25) is 0 Å². The Morgan fingerprint density at radius 2 is 2.00 bits per heavy atom. The summed E-state index contributed by atoms with van der Waals surface area (Å²) in [5.74, 6) is -1.83. The summed E-state index contributed by atoms with van der Waals surface area (Å²) < 4.78 is 19.4. The number of carbonyl (C=O) groups is 3. The lowest BCUT2D eigenvalue weighted by atomic mass is 10.1. The van der Waals surface area contributed by atoms with E-state index in [2.05, 4.69) is 0 Å². The fourth-order valence-corrected chi connectivity index (χ4v) is 2.70. The number of amides is 1. The van der Waals surface area contributed by atoms with Crippen LogP contribution in [0.2, 0.25) is 0 Å². The standard InChI is InChI=1S/C17H21FN2O5/c1-17(2,3)25-16(24)20-8-7-19(9-13(20)15(22)23)14-11(10-21)5-4-6-12(14)18/h4-6,10,13H,7-9H2,1-3H3,(H,22,23). The van der Waals surface area contributed by atoms with Crippen molar-refractivity contribution in [3.8, 4) is 0 Å². The molecule has 1 heterocycles. The van der Waals surface area contributed by atoms with Gasteiger partial charge >= 0.3 is 12.1 Å². The van der Waals surface area contributed by atoms with E-state index in [1.807, 2.05) is 0 Å². The predicted octanol–water partition coefficient (Wildman–Crippen LogP) is 2.15. The second kappa shape index (κ2) is 7.08. The molecule has 1 atom stereocenters. The van der Waals surface area contributed by atoms with Gasteiger partial charge in [-0.3, -0.25) is 9.69 Å². The third kappa shape index (κ3) is 4.26. The van der Waals surface area contributed by atoms with Gasteiger partial charge in [0.1, 0.15) is 17.5 Å². The largest absolute Gasteiger partial charge is 0.480 e. The Morgan fingerprint density at radius 1 is 1.32 bits per heavy atom. The van der Waals surface area contributed by atoms with Crippen molar-refractivity contribution in [1.29, 1.82) is 0 Å². The maximum Gasteiger partial charge on any atom is 0.411 e. The smallest absolute Gasteiger partial charge is 0.411 e. The molecule has 1 N–H and O–H groups in total. The van der Waals surface area contributed by atoms with Crippen LogP contribution in [0.4, 0.5) is 14.9 Å². The number of anilines is 1. The van der Waals surface area contributed by atoms with Crippen LogP contribution in [-0.4, -0.2) is 59.6 Å². The molecule has 0 saturated carbocycles. The van der Waals surface area contributed by atoms with Gasteiger partial charge in [-0.15, -0.1) is 0 Å². The Labute approximate surface area is 145 Å². The van der Waals surface area contributed by atoms with E-state index in [0.717, 1.165) is 4.90 Å². The molecule has 25 heavy (non-hydrogen) atoms. The van der Waals surface area contributed by atoms with Crippen molar-refractivity contribution in [2.24, 2.45) is 0 Å². The number of carboxylic acid groups (broad SMARTS) is 1. The van der Waals surface area contributed by atoms with Crippen molar-refractivity contribution in [1.82, 2.24) is 4.90 Å². The molecule has 1 saturated heterocycles. The average molecular weight is 352 g/mol. The lowest BCUT2D eigenvalue weighted by Crippen LogP contribution is -2.59. The monoisotopic (exact) mass is 352 g/mol. The van der Waals surface area contributed by atoms with Crippen molar-refractivity contribution in [3.63, 3.8) is 0 Å². The van der Waals surface area contributed by atoms with Gasteiger partial charge in [0.05, 0.1) is 5.69 Å². The van der Waals surface area contributed by atoms with Gasteiger partial charge in [0.15, 0.2) is 6.29 Å². The van der Waals surface area contributed by atoms with Gasteiger partial charge < -0.3 is 14.7 Å². The number of hydrogen-bond acceptors (Lipinski definition) is 5. The van der Waals surface area contributed by atoms with Crippen molar-refractivity contribution in [2.75, 3.05) is 24.5 Å². The number of rotatable bonds is 3. The van der Waals surface area contributed by atoms with Crippen LogP contribution in [0.3, 0.4) is 0 Å². The minimum atomic E-state index is -1.22. The number of halogens is 1. The molecule has 0 aliphatic carbocycles. The number of hydrogen-bond donors (Lipinski definition) is 1. The number of aldehydes is 1. The Balaban J connectivity index is 2.27. The van der Waals surface area contributed by atoms with Crippen LogP contribution in [0, 0.1) is 5.82 Å². The summed E-state index contributed by atoms with van der Waals surface area (Å²) in [7, 11) is 0. The van der Waals surface area contributed by atoms with Crippen LogP contribution < -0.4 is 4.90 Å². The quantitative estimate of drug-likeness (QED) is 0.839. The molecule has 1 aromatic rings. The van der Waals surface area contributed by atoms with Gasteiger partial charge in [-0.1, -0.05) is 6.07 Å². The number of carbonyl (C=O) groups excluding carboxylic acids is 2. The normalized spacial score (nSPS) is 18.0.